The van der Waals surface area contributed by atoms with Gasteiger partial charge in [-0.05, 0) is 92.4 Å². The average molecular weight is 655 g/mol. The molecular weight excluding hydrogens is 617 g/mol. The second-order valence-electron chi connectivity index (χ2n) is 11.6. The Bertz CT molecular complexity index is 1510. The van der Waals surface area contributed by atoms with E-state index in [9.17, 15) is 9.59 Å². The van der Waals surface area contributed by atoms with Crippen molar-refractivity contribution in [3.05, 3.63) is 81.3 Å². The molecule has 2 aliphatic heterocycles. The molecule has 6 rings (SSSR count). The summed E-state index contributed by atoms with van der Waals surface area (Å²) in [7, 11) is 0. The molecule has 11 heteroatoms. The molecule has 0 bridgehead atoms. The third kappa shape index (κ3) is 7.77. The number of halogens is 2. The van der Waals surface area contributed by atoms with Crippen molar-refractivity contribution in [3.63, 3.8) is 0 Å². The number of hydrogen-bond acceptors (Lipinski definition) is 7. The molecule has 2 heterocycles. The Morgan fingerprint density at radius 2 is 1.64 bits per heavy atom. The third-order valence-electron chi connectivity index (χ3n) is 8.20. The van der Waals surface area contributed by atoms with Crippen LogP contribution in [0.2, 0.25) is 10.0 Å². The number of hydrogen-bond donors (Lipinski definition) is 2. The van der Waals surface area contributed by atoms with Crippen LogP contribution in [-0.4, -0.2) is 68.3 Å². The number of carbonyl (C=O) groups excluding carboxylic acids is 2. The zero-order valence-electron chi connectivity index (χ0n) is 25.2. The molecule has 0 radical (unpaired) electrons. The summed E-state index contributed by atoms with van der Waals surface area (Å²) >= 11 is 12.5. The Hall–Kier alpha value is -3.66. The van der Waals surface area contributed by atoms with Gasteiger partial charge in [-0.3, -0.25) is 9.59 Å². The quantitative estimate of drug-likeness (QED) is 0.266. The molecule has 3 aromatic carbocycles. The second kappa shape index (κ2) is 14.2. The molecule has 238 valence electrons. The molecule has 2 amide bonds. The highest BCUT2D eigenvalue weighted by molar-refractivity contribution is 6.37. The van der Waals surface area contributed by atoms with Crippen LogP contribution in [0.1, 0.15) is 40.7 Å². The van der Waals surface area contributed by atoms with Crippen molar-refractivity contribution in [2.24, 2.45) is 5.92 Å². The van der Waals surface area contributed by atoms with Crippen LogP contribution in [0, 0.1) is 12.8 Å². The van der Waals surface area contributed by atoms with E-state index in [0.717, 1.165) is 36.3 Å². The van der Waals surface area contributed by atoms with Crippen molar-refractivity contribution in [1.29, 1.82) is 0 Å². The predicted octanol–water partition coefficient (Wildman–Crippen LogP) is 5.43. The Morgan fingerprint density at radius 1 is 0.933 bits per heavy atom. The first-order valence-corrected chi connectivity index (χ1v) is 16.1. The summed E-state index contributed by atoms with van der Waals surface area (Å²) in [5.74, 6) is 1.96. The normalized spacial score (nSPS) is 19.0. The van der Waals surface area contributed by atoms with Gasteiger partial charge in [0.1, 0.15) is 32.2 Å². The molecule has 0 spiro atoms. The van der Waals surface area contributed by atoms with E-state index in [-0.39, 0.29) is 43.0 Å². The standard InChI is InChI=1S/C34H37Cl2N3O6/c1-21-16-27(35)32(28(36)17-21)45-15-12-42-25-7-3-23(4-8-25)33(40)38-29-10-11-37-19-26(29)34(41)39(24-5-6-24)20-22-2-9-30-31(18-22)44-14-13-43-30/h2-4,7-9,16-18,24,26,29,37H,5-6,10-15,19-20H2,1H3,(H,38,40)/t26?,29-/m0/s1. The molecule has 1 saturated carbocycles. The molecule has 3 aromatic rings. The molecule has 2 N–H and O–H groups in total. The van der Waals surface area contributed by atoms with Gasteiger partial charge in [-0.2, -0.15) is 0 Å². The lowest BCUT2D eigenvalue weighted by Gasteiger charge is -2.36. The van der Waals surface area contributed by atoms with Gasteiger partial charge >= 0.3 is 0 Å². The summed E-state index contributed by atoms with van der Waals surface area (Å²) in [6, 6.07) is 16.3. The van der Waals surface area contributed by atoms with E-state index in [0.29, 0.717) is 65.6 Å². The molecule has 2 fully saturated rings. The lowest BCUT2D eigenvalue weighted by atomic mass is 9.91. The van der Waals surface area contributed by atoms with Crippen molar-refractivity contribution in [3.8, 4) is 23.0 Å². The van der Waals surface area contributed by atoms with Gasteiger partial charge in [0.15, 0.2) is 17.2 Å². The van der Waals surface area contributed by atoms with E-state index in [4.69, 9.17) is 42.1 Å². The highest BCUT2D eigenvalue weighted by Gasteiger charge is 2.40. The number of amides is 2. The van der Waals surface area contributed by atoms with Crippen LogP contribution in [0.3, 0.4) is 0 Å². The number of piperidine rings is 1. The zero-order valence-corrected chi connectivity index (χ0v) is 26.7. The minimum atomic E-state index is -0.362. The Kier molecular flexibility index (Phi) is 9.88. The van der Waals surface area contributed by atoms with Gasteiger partial charge < -0.3 is 34.5 Å². The van der Waals surface area contributed by atoms with E-state index in [1.54, 1.807) is 36.4 Å². The molecule has 45 heavy (non-hydrogen) atoms. The molecule has 1 aliphatic carbocycles. The average Bonchev–Trinajstić information content (AvgIpc) is 3.88. The van der Waals surface area contributed by atoms with E-state index in [2.05, 4.69) is 10.6 Å². The molecule has 3 aliphatic rings. The predicted molar refractivity (Wildman–Crippen MR) is 172 cm³/mol. The topological polar surface area (TPSA) is 98.4 Å². The molecule has 0 aromatic heterocycles. The first-order chi connectivity index (χ1) is 21.9. The number of aryl methyl sites for hydroxylation is 1. The Morgan fingerprint density at radius 3 is 2.38 bits per heavy atom. The highest BCUT2D eigenvalue weighted by atomic mass is 35.5. The number of carbonyl (C=O) groups is 2. The van der Waals surface area contributed by atoms with Crippen molar-refractivity contribution < 1.29 is 28.5 Å². The van der Waals surface area contributed by atoms with Gasteiger partial charge in [0.2, 0.25) is 5.91 Å². The van der Waals surface area contributed by atoms with Crippen LogP contribution in [0.4, 0.5) is 0 Å². The highest BCUT2D eigenvalue weighted by Crippen LogP contribution is 2.35. The van der Waals surface area contributed by atoms with Crippen LogP contribution >= 0.6 is 23.2 Å². The molecule has 2 atom stereocenters. The van der Waals surface area contributed by atoms with Crippen LogP contribution in [0.25, 0.3) is 0 Å². The van der Waals surface area contributed by atoms with Gasteiger partial charge in [-0.1, -0.05) is 29.3 Å². The number of nitrogens with zero attached hydrogens (tertiary/aromatic N) is 1. The van der Waals surface area contributed by atoms with Crippen LogP contribution < -0.4 is 29.6 Å². The van der Waals surface area contributed by atoms with Crippen molar-refractivity contribution in [1.82, 2.24) is 15.5 Å². The van der Waals surface area contributed by atoms with Gasteiger partial charge in [0.05, 0.1) is 16.0 Å². The fourth-order valence-electron chi connectivity index (χ4n) is 5.74. The summed E-state index contributed by atoms with van der Waals surface area (Å²) in [5, 5.41) is 7.40. The molecule has 1 unspecified atom stereocenters. The lowest BCUT2D eigenvalue weighted by molar-refractivity contribution is -0.138. The number of nitrogens with one attached hydrogen (secondary N) is 2. The second-order valence-corrected chi connectivity index (χ2v) is 12.4. The van der Waals surface area contributed by atoms with Crippen LogP contribution in [0.5, 0.6) is 23.0 Å². The number of rotatable bonds is 11. The molecule has 1 saturated heterocycles. The Labute approximate surface area is 273 Å². The van der Waals surface area contributed by atoms with E-state index >= 15 is 0 Å². The van der Waals surface area contributed by atoms with Crippen LogP contribution in [0.15, 0.2) is 54.6 Å². The summed E-state index contributed by atoms with van der Waals surface area (Å²) in [4.78, 5) is 29.2. The first-order valence-electron chi connectivity index (χ1n) is 15.4. The maximum atomic E-state index is 14.0. The van der Waals surface area contributed by atoms with Gasteiger partial charge in [0.25, 0.3) is 5.91 Å². The Balaban J connectivity index is 1.03. The fourth-order valence-corrected chi connectivity index (χ4v) is 6.45. The molecule has 9 nitrogen and oxygen atoms in total. The minimum Gasteiger partial charge on any atom is -0.490 e. The largest absolute Gasteiger partial charge is 0.490 e. The van der Waals surface area contributed by atoms with Crippen LogP contribution in [-0.2, 0) is 11.3 Å². The summed E-state index contributed by atoms with van der Waals surface area (Å²) in [6.45, 7) is 5.23. The summed E-state index contributed by atoms with van der Waals surface area (Å²) in [6.07, 6.45) is 2.64. The maximum Gasteiger partial charge on any atom is 0.251 e. The first kappa shape index (κ1) is 31.3. The monoisotopic (exact) mass is 653 g/mol. The number of ether oxygens (including phenoxy) is 4. The smallest absolute Gasteiger partial charge is 0.251 e. The minimum absolute atomic E-state index is 0.0593. The third-order valence-corrected chi connectivity index (χ3v) is 8.77. The van der Waals surface area contributed by atoms with E-state index in [1.807, 2.05) is 30.0 Å². The fraction of sp³-hybridized carbons (Fsp3) is 0.412. The maximum absolute atomic E-state index is 14.0. The number of benzene rings is 3. The van der Waals surface area contributed by atoms with Gasteiger partial charge in [0, 0.05) is 30.7 Å². The number of fused-ring (bicyclic) bond motifs is 1. The van der Waals surface area contributed by atoms with Crippen molar-refractivity contribution in [2.75, 3.05) is 39.5 Å². The lowest BCUT2D eigenvalue weighted by Crippen LogP contribution is -2.55. The van der Waals surface area contributed by atoms with Crippen molar-refractivity contribution >= 4 is 35.0 Å². The van der Waals surface area contributed by atoms with E-state index < -0.39 is 0 Å². The molecular formula is C34H37Cl2N3O6. The van der Waals surface area contributed by atoms with Gasteiger partial charge in [-0.25, -0.2) is 0 Å². The summed E-state index contributed by atoms with van der Waals surface area (Å²) < 4.78 is 22.9. The van der Waals surface area contributed by atoms with E-state index in [1.165, 1.54) is 0 Å². The SMILES string of the molecule is Cc1cc(Cl)c(OCCOc2ccc(C(=O)N[C@H]3CCNCC3C(=O)N(Cc3ccc4c(c3)OCCO4)C3CC3)cc2)c(Cl)c1. The zero-order chi connectivity index (χ0) is 31.3. The summed E-state index contributed by atoms with van der Waals surface area (Å²) in [5.41, 5.74) is 2.45. The van der Waals surface area contributed by atoms with Gasteiger partial charge in [-0.15, -0.1) is 0 Å². The van der Waals surface area contributed by atoms with Crippen molar-refractivity contribution in [2.45, 2.75) is 44.8 Å².